The molecular weight excluding hydrogens is 326 g/mol. The van der Waals surface area contributed by atoms with Gasteiger partial charge in [0.15, 0.2) is 0 Å². The molecule has 3 rings (SSSR count). The molecule has 0 bridgehead atoms. The van der Waals surface area contributed by atoms with Crippen LogP contribution in [0.1, 0.15) is 58.2 Å². The number of carboxylic acids is 1. The van der Waals surface area contributed by atoms with Crippen LogP contribution in [0.5, 0.6) is 0 Å². The third kappa shape index (κ3) is 2.89. The predicted molar refractivity (Wildman–Crippen MR) is 92.7 cm³/mol. The molecule has 1 aliphatic rings. The Morgan fingerprint density at radius 3 is 2.58 bits per heavy atom. The number of hydrogen-bond acceptors (Lipinski definition) is 2. The van der Waals surface area contributed by atoms with Crippen LogP contribution in [-0.4, -0.2) is 17.0 Å². The van der Waals surface area contributed by atoms with Gasteiger partial charge in [-0.1, -0.05) is 43.6 Å². The van der Waals surface area contributed by atoms with Crippen molar-refractivity contribution in [2.45, 2.75) is 31.7 Å². The van der Waals surface area contributed by atoms with Gasteiger partial charge in [-0.05, 0) is 47.2 Å². The summed E-state index contributed by atoms with van der Waals surface area (Å²) in [4.78, 5) is 23.8. The number of carbonyl (C=O) groups is 2. The van der Waals surface area contributed by atoms with E-state index in [1.807, 2.05) is 6.07 Å². The molecule has 0 aliphatic heterocycles. The summed E-state index contributed by atoms with van der Waals surface area (Å²) in [6.07, 6.45) is 0.710. The predicted octanol–water partition coefficient (Wildman–Crippen LogP) is 4.19. The van der Waals surface area contributed by atoms with E-state index in [0.717, 1.165) is 11.1 Å². The van der Waals surface area contributed by atoms with Crippen LogP contribution >= 0.6 is 11.6 Å². The Labute approximate surface area is 145 Å². The summed E-state index contributed by atoms with van der Waals surface area (Å²) in [5.41, 5.74) is 2.44. The Bertz CT molecular complexity index is 829. The van der Waals surface area contributed by atoms with E-state index in [0.29, 0.717) is 17.0 Å². The maximum Gasteiger partial charge on any atom is 0.335 e. The van der Waals surface area contributed by atoms with Crippen molar-refractivity contribution in [3.05, 3.63) is 69.7 Å². The molecule has 0 spiro atoms. The summed E-state index contributed by atoms with van der Waals surface area (Å²) in [6, 6.07) is 11.8. The van der Waals surface area contributed by atoms with Gasteiger partial charge in [0, 0.05) is 0 Å². The molecule has 2 aromatic rings. The van der Waals surface area contributed by atoms with Crippen molar-refractivity contribution in [2.24, 2.45) is 0 Å². The number of benzene rings is 2. The summed E-state index contributed by atoms with van der Waals surface area (Å²) in [7, 11) is 0. The highest BCUT2D eigenvalue weighted by molar-refractivity contribution is 6.33. The second-order valence-electron chi connectivity index (χ2n) is 6.70. The first-order valence-corrected chi connectivity index (χ1v) is 8.10. The Balaban J connectivity index is 1.94. The van der Waals surface area contributed by atoms with Crippen molar-refractivity contribution in [1.82, 2.24) is 5.32 Å². The van der Waals surface area contributed by atoms with E-state index in [1.54, 1.807) is 36.4 Å². The molecule has 5 heteroatoms. The lowest BCUT2D eigenvalue weighted by atomic mass is 9.86. The fourth-order valence-corrected chi connectivity index (χ4v) is 3.56. The molecule has 2 N–H and O–H groups in total. The molecule has 0 radical (unpaired) electrons. The SMILES string of the molecule is CC1(C)C[C@@H](NC(=O)c2ccccc2Cl)c2cc(C(=O)O)ccc21. The third-order valence-corrected chi connectivity index (χ3v) is 4.87. The van der Waals surface area contributed by atoms with Gasteiger partial charge < -0.3 is 10.4 Å². The molecule has 0 fully saturated rings. The first kappa shape index (κ1) is 16.5. The summed E-state index contributed by atoms with van der Waals surface area (Å²) in [5.74, 6) is -1.23. The number of fused-ring (bicyclic) bond motifs is 1. The zero-order chi connectivity index (χ0) is 17.5. The van der Waals surface area contributed by atoms with Gasteiger partial charge in [0.05, 0.1) is 22.2 Å². The second kappa shape index (κ2) is 5.95. The van der Waals surface area contributed by atoms with Crippen molar-refractivity contribution in [3.8, 4) is 0 Å². The van der Waals surface area contributed by atoms with E-state index < -0.39 is 5.97 Å². The molecule has 0 aromatic heterocycles. The monoisotopic (exact) mass is 343 g/mol. The van der Waals surface area contributed by atoms with E-state index in [1.165, 1.54) is 0 Å². The van der Waals surface area contributed by atoms with Gasteiger partial charge in [-0.15, -0.1) is 0 Å². The Morgan fingerprint density at radius 2 is 1.92 bits per heavy atom. The standard InChI is InChI=1S/C19H18ClNO3/c1-19(2)10-16(13-9-11(18(23)24)7-8-14(13)19)21-17(22)12-5-3-4-6-15(12)20/h3-9,16H,10H2,1-2H3,(H,21,22)(H,23,24)/t16-/m1/s1. The van der Waals surface area contributed by atoms with Gasteiger partial charge in [-0.2, -0.15) is 0 Å². The number of aromatic carboxylic acids is 1. The van der Waals surface area contributed by atoms with Gasteiger partial charge >= 0.3 is 5.97 Å². The molecule has 1 aliphatic carbocycles. The molecular formula is C19H18ClNO3. The van der Waals surface area contributed by atoms with Crippen LogP contribution in [0.25, 0.3) is 0 Å². The maximum absolute atomic E-state index is 12.5. The van der Waals surface area contributed by atoms with Crippen LogP contribution in [-0.2, 0) is 5.41 Å². The molecule has 0 unspecified atom stereocenters. The van der Waals surface area contributed by atoms with Gasteiger partial charge in [0.2, 0.25) is 0 Å². The molecule has 2 aromatic carbocycles. The lowest BCUT2D eigenvalue weighted by Gasteiger charge is -2.19. The number of halogens is 1. The smallest absolute Gasteiger partial charge is 0.335 e. The van der Waals surface area contributed by atoms with Crippen LogP contribution in [0.4, 0.5) is 0 Å². The molecule has 124 valence electrons. The summed E-state index contributed by atoms with van der Waals surface area (Å²) < 4.78 is 0. The van der Waals surface area contributed by atoms with Crippen molar-refractivity contribution in [1.29, 1.82) is 0 Å². The van der Waals surface area contributed by atoms with Crippen molar-refractivity contribution in [3.63, 3.8) is 0 Å². The first-order valence-electron chi connectivity index (χ1n) is 7.73. The highest BCUT2D eigenvalue weighted by atomic mass is 35.5. The summed E-state index contributed by atoms with van der Waals surface area (Å²) in [5, 5.41) is 12.6. The molecule has 24 heavy (non-hydrogen) atoms. The van der Waals surface area contributed by atoms with Crippen molar-refractivity contribution >= 4 is 23.5 Å². The molecule has 4 nitrogen and oxygen atoms in total. The number of nitrogens with one attached hydrogen (secondary N) is 1. The highest BCUT2D eigenvalue weighted by Gasteiger charge is 2.38. The number of carbonyl (C=O) groups excluding carboxylic acids is 1. The summed E-state index contributed by atoms with van der Waals surface area (Å²) >= 11 is 6.09. The van der Waals surface area contributed by atoms with E-state index >= 15 is 0 Å². The minimum atomic E-state index is -0.973. The van der Waals surface area contributed by atoms with Crippen molar-refractivity contribution in [2.75, 3.05) is 0 Å². The van der Waals surface area contributed by atoms with Crippen LogP contribution in [0.15, 0.2) is 42.5 Å². The van der Waals surface area contributed by atoms with Crippen LogP contribution in [0.2, 0.25) is 5.02 Å². The van der Waals surface area contributed by atoms with Crippen molar-refractivity contribution < 1.29 is 14.7 Å². The zero-order valence-electron chi connectivity index (χ0n) is 13.5. The Kier molecular flexibility index (Phi) is 4.10. The average molecular weight is 344 g/mol. The normalized spacial score (nSPS) is 18.0. The quantitative estimate of drug-likeness (QED) is 0.878. The number of amides is 1. The largest absolute Gasteiger partial charge is 0.478 e. The molecule has 1 atom stereocenters. The minimum Gasteiger partial charge on any atom is -0.478 e. The topological polar surface area (TPSA) is 66.4 Å². The van der Waals surface area contributed by atoms with E-state index in [2.05, 4.69) is 19.2 Å². The van der Waals surface area contributed by atoms with E-state index in [9.17, 15) is 14.7 Å². The Morgan fingerprint density at radius 1 is 1.21 bits per heavy atom. The van der Waals surface area contributed by atoms with E-state index in [4.69, 9.17) is 11.6 Å². The van der Waals surface area contributed by atoms with Gasteiger partial charge in [0.25, 0.3) is 5.91 Å². The molecule has 0 saturated heterocycles. The fraction of sp³-hybridized carbons (Fsp3) is 0.263. The molecule has 1 amide bonds. The minimum absolute atomic E-state index is 0.134. The molecule has 0 heterocycles. The van der Waals surface area contributed by atoms with Crippen LogP contribution in [0.3, 0.4) is 0 Å². The zero-order valence-corrected chi connectivity index (χ0v) is 14.2. The Hall–Kier alpha value is -2.33. The number of rotatable bonds is 3. The van der Waals surface area contributed by atoms with Crippen LogP contribution in [0, 0.1) is 0 Å². The average Bonchev–Trinajstić information content (AvgIpc) is 2.78. The lowest BCUT2D eigenvalue weighted by Crippen LogP contribution is -2.28. The fourth-order valence-electron chi connectivity index (χ4n) is 3.34. The first-order chi connectivity index (χ1) is 11.3. The van der Waals surface area contributed by atoms with Gasteiger partial charge in [-0.25, -0.2) is 4.79 Å². The second-order valence-corrected chi connectivity index (χ2v) is 7.11. The highest BCUT2D eigenvalue weighted by Crippen LogP contribution is 2.45. The summed E-state index contributed by atoms with van der Waals surface area (Å²) in [6.45, 7) is 4.18. The van der Waals surface area contributed by atoms with E-state index in [-0.39, 0.29) is 22.9 Å². The van der Waals surface area contributed by atoms with Gasteiger partial charge in [0.1, 0.15) is 0 Å². The van der Waals surface area contributed by atoms with Gasteiger partial charge in [-0.3, -0.25) is 4.79 Å². The lowest BCUT2D eigenvalue weighted by molar-refractivity contribution is 0.0696. The molecule has 0 saturated carbocycles. The maximum atomic E-state index is 12.5. The van der Waals surface area contributed by atoms with Crippen LogP contribution < -0.4 is 5.32 Å². The number of hydrogen-bond donors (Lipinski definition) is 2. The third-order valence-electron chi connectivity index (χ3n) is 4.54. The number of carboxylic acid groups (broad SMARTS) is 1.